The van der Waals surface area contributed by atoms with Crippen molar-refractivity contribution < 1.29 is 4.79 Å². The molecule has 5 nitrogen and oxygen atoms in total. The molecule has 0 aliphatic carbocycles. The molecule has 2 aromatic carbocycles. The van der Waals surface area contributed by atoms with Crippen molar-refractivity contribution in [1.82, 2.24) is 0 Å². The largest absolute Gasteiger partial charge is 0.349 e. The molecule has 2 atom stereocenters. The topological polar surface area (TPSA) is 53.0 Å². The second kappa shape index (κ2) is 6.97. The minimum absolute atomic E-state index is 0.119. The number of para-hydroxylation sites is 1. The van der Waals surface area contributed by atoms with Gasteiger partial charge >= 0.3 is 0 Å². The summed E-state index contributed by atoms with van der Waals surface area (Å²) >= 11 is 0. The summed E-state index contributed by atoms with van der Waals surface area (Å²) in [5.74, 6) is 1.56. The van der Waals surface area contributed by atoms with E-state index in [1.165, 1.54) is 5.92 Å². The van der Waals surface area contributed by atoms with Gasteiger partial charge in [-0.05, 0) is 52.4 Å². The lowest BCUT2D eigenvalue weighted by Gasteiger charge is -2.55. The second-order valence-corrected chi connectivity index (χ2v) is 9.16. The van der Waals surface area contributed by atoms with Crippen LogP contribution in [0, 0.1) is 16.2 Å². The molecule has 29 heavy (non-hydrogen) atoms. The molecule has 0 N–H and O–H groups in total. The van der Waals surface area contributed by atoms with Crippen LogP contribution in [0.3, 0.4) is 0 Å². The minimum Gasteiger partial charge on any atom is -0.349 e. The van der Waals surface area contributed by atoms with E-state index in [0.29, 0.717) is 12.1 Å². The Morgan fingerprint density at radius 2 is 1.86 bits per heavy atom. The van der Waals surface area contributed by atoms with Gasteiger partial charge in [0.2, 0.25) is 5.91 Å². The Balaban J connectivity index is 1.91. The van der Waals surface area contributed by atoms with E-state index in [2.05, 4.69) is 50.8 Å². The number of hydrogen-bond acceptors (Lipinski definition) is 4. The summed E-state index contributed by atoms with van der Waals surface area (Å²) in [6, 6.07) is 13.8. The minimum atomic E-state index is -0.239. The Bertz CT molecular complexity index is 966. The van der Waals surface area contributed by atoms with Crippen molar-refractivity contribution in [2.45, 2.75) is 53.1 Å². The maximum Gasteiger partial charge on any atom is 0.233 e. The number of nitrogens with zero attached hydrogens (tertiary/aromatic N) is 3. The molecule has 0 fully saturated rings. The van der Waals surface area contributed by atoms with Crippen molar-refractivity contribution in [2.24, 2.45) is 10.6 Å². The maximum atomic E-state index is 13.2. The van der Waals surface area contributed by atoms with Crippen LogP contribution in [0.2, 0.25) is 0 Å². The van der Waals surface area contributed by atoms with Crippen LogP contribution in [-0.2, 0) is 11.2 Å². The zero-order valence-electron chi connectivity index (χ0n) is 17.8. The number of anilines is 2. The van der Waals surface area contributed by atoms with Gasteiger partial charge in [-0.25, -0.2) is 0 Å². The molecule has 2 unspecified atom stereocenters. The first-order valence-electron chi connectivity index (χ1n) is 10.2. The van der Waals surface area contributed by atoms with E-state index in [0.717, 1.165) is 29.0 Å². The first kappa shape index (κ1) is 19.6. The molecule has 1 radical (unpaired) electrons. The van der Waals surface area contributed by atoms with Crippen LogP contribution in [0.4, 0.5) is 17.1 Å². The highest BCUT2D eigenvalue weighted by Crippen LogP contribution is 2.53. The van der Waals surface area contributed by atoms with Crippen LogP contribution in [0.15, 0.2) is 47.6 Å². The summed E-state index contributed by atoms with van der Waals surface area (Å²) in [5.41, 5.74) is 4.50. The van der Waals surface area contributed by atoms with E-state index in [4.69, 9.17) is 0 Å². The summed E-state index contributed by atoms with van der Waals surface area (Å²) in [7, 11) is 0. The fraction of sp³-hybridized carbons (Fsp3) is 0.417. The van der Waals surface area contributed by atoms with Crippen LogP contribution >= 0.6 is 0 Å². The third kappa shape index (κ3) is 3.04. The molecule has 2 aliphatic rings. The smallest absolute Gasteiger partial charge is 0.233 e. The van der Waals surface area contributed by atoms with Crippen LogP contribution in [-0.4, -0.2) is 18.6 Å². The summed E-state index contributed by atoms with van der Waals surface area (Å²) in [4.78, 5) is 28.7. The number of amides is 1. The van der Waals surface area contributed by atoms with Crippen molar-refractivity contribution in [3.63, 3.8) is 0 Å². The highest BCUT2D eigenvalue weighted by Gasteiger charge is 2.51. The number of nitroso groups, excluding NO2 is 1. The Morgan fingerprint density at radius 3 is 2.55 bits per heavy atom. The molecule has 5 heteroatoms. The van der Waals surface area contributed by atoms with Gasteiger partial charge < -0.3 is 4.90 Å². The lowest BCUT2D eigenvalue weighted by molar-refractivity contribution is -0.118. The van der Waals surface area contributed by atoms with Crippen molar-refractivity contribution >= 4 is 23.0 Å². The van der Waals surface area contributed by atoms with E-state index in [-0.39, 0.29) is 23.4 Å². The molecule has 2 aliphatic heterocycles. The molecule has 151 valence electrons. The Kier molecular flexibility index (Phi) is 4.72. The Morgan fingerprint density at radius 1 is 1.14 bits per heavy atom. The molecule has 2 aromatic rings. The number of hydrogen-bond donors (Lipinski definition) is 0. The fourth-order valence-electron chi connectivity index (χ4n) is 4.90. The maximum absolute atomic E-state index is 13.2. The first-order valence-corrected chi connectivity index (χ1v) is 10.2. The van der Waals surface area contributed by atoms with Gasteiger partial charge in [-0.3, -0.25) is 9.69 Å². The van der Waals surface area contributed by atoms with Gasteiger partial charge in [0.15, 0.2) is 0 Å². The summed E-state index contributed by atoms with van der Waals surface area (Å²) in [6.45, 7) is 11.6. The molecule has 0 saturated heterocycles. The van der Waals surface area contributed by atoms with Gasteiger partial charge in [0.25, 0.3) is 0 Å². The molecule has 0 spiro atoms. The van der Waals surface area contributed by atoms with Gasteiger partial charge in [0.05, 0.1) is 6.42 Å². The van der Waals surface area contributed by atoms with Crippen molar-refractivity contribution in [2.75, 3.05) is 16.3 Å². The highest BCUT2D eigenvalue weighted by molar-refractivity contribution is 6.02. The lowest BCUT2D eigenvalue weighted by atomic mass is 9.69. The van der Waals surface area contributed by atoms with Crippen molar-refractivity contribution in [3.8, 4) is 0 Å². The zero-order valence-corrected chi connectivity index (χ0v) is 17.8. The SMILES string of the molecule is C[C](C)CN1c2ccc(N=O)cc2C(C)C(C)(C)C1N1C(=O)Cc2ccccc21. The van der Waals surface area contributed by atoms with E-state index in [1.54, 1.807) is 6.07 Å². The quantitative estimate of drug-likeness (QED) is 0.642. The van der Waals surface area contributed by atoms with Crippen LogP contribution in [0.1, 0.15) is 51.7 Å². The number of carbonyl (C=O) groups is 1. The monoisotopic (exact) mass is 390 g/mol. The zero-order chi connectivity index (χ0) is 20.9. The predicted octanol–water partition coefficient (Wildman–Crippen LogP) is 5.56. The number of carbonyl (C=O) groups excluding carboxylic acids is 1. The van der Waals surface area contributed by atoms with Crippen molar-refractivity contribution in [1.29, 1.82) is 0 Å². The van der Waals surface area contributed by atoms with Crippen LogP contribution in [0.25, 0.3) is 0 Å². The molecule has 1 amide bonds. The molecule has 0 saturated carbocycles. The number of fused-ring (bicyclic) bond motifs is 2. The first-order chi connectivity index (χ1) is 13.8. The average molecular weight is 391 g/mol. The molecule has 0 bridgehead atoms. The second-order valence-electron chi connectivity index (χ2n) is 9.16. The average Bonchev–Trinajstić information content (AvgIpc) is 3.01. The summed E-state index contributed by atoms with van der Waals surface area (Å²) in [5, 5.41) is 3.15. The number of rotatable bonds is 4. The van der Waals surface area contributed by atoms with Gasteiger partial charge in [-0.2, -0.15) is 0 Å². The third-order valence-electron chi connectivity index (χ3n) is 6.56. The lowest BCUT2D eigenvalue weighted by Crippen LogP contribution is -2.62. The molecular weight excluding hydrogens is 362 g/mol. The van der Waals surface area contributed by atoms with Gasteiger partial charge in [-0.15, -0.1) is 4.91 Å². The predicted molar refractivity (Wildman–Crippen MR) is 117 cm³/mol. The molecule has 4 rings (SSSR count). The fourth-order valence-corrected chi connectivity index (χ4v) is 4.90. The van der Waals surface area contributed by atoms with Crippen LogP contribution in [0.5, 0.6) is 0 Å². The van der Waals surface area contributed by atoms with Crippen molar-refractivity contribution in [3.05, 3.63) is 64.4 Å². The van der Waals surface area contributed by atoms with Gasteiger partial charge in [0, 0.05) is 23.3 Å². The summed E-state index contributed by atoms with van der Waals surface area (Å²) in [6.07, 6.45) is 0.326. The Labute approximate surface area is 172 Å². The Hall–Kier alpha value is -2.69. The van der Waals surface area contributed by atoms with E-state index >= 15 is 0 Å². The van der Waals surface area contributed by atoms with E-state index in [1.807, 2.05) is 35.2 Å². The third-order valence-corrected chi connectivity index (χ3v) is 6.56. The summed E-state index contributed by atoms with van der Waals surface area (Å²) < 4.78 is 0. The molecule has 2 heterocycles. The van der Waals surface area contributed by atoms with Crippen LogP contribution < -0.4 is 9.80 Å². The normalized spacial score (nSPS) is 22.6. The number of benzene rings is 2. The van der Waals surface area contributed by atoms with Gasteiger partial charge in [0.1, 0.15) is 11.9 Å². The van der Waals surface area contributed by atoms with E-state index in [9.17, 15) is 9.70 Å². The highest BCUT2D eigenvalue weighted by atomic mass is 16.3. The van der Waals surface area contributed by atoms with E-state index < -0.39 is 0 Å². The van der Waals surface area contributed by atoms with Gasteiger partial charge in [-0.1, -0.05) is 52.8 Å². The standard InChI is InChI=1S/C24H28N3O2/c1-15(2)14-26-21-11-10-18(25-29)13-19(21)16(3)24(4,5)23(26)27-20-9-7-6-8-17(20)12-22(27)28/h6-11,13,16,23H,12,14H2,1-5H3. The molecular formula is C24H28N3O2. The molecule has 0 aromatic heterocycles.